The molecule has 4 atom stereocenters. The van der Waals surface area contributed by atoms with Crippen molar-refractivity contribution in [3.05, 3.63) is 110 Å². The summed E-state index contributed by atoms with van der Waals surface area (Å²) in [4.78, 5) is 135. The Morgan fingerprint density at radius 2 is 1.55 bits per heavy atom. The van der Waals surface area contributed by atoms with Crippen LogP contribution in [0.3, 0.4) is 0 Å². The number of hydrogen-bond donors (Lipinski definition) is 7. The number of aliphatic hydroxyl groups is 1. The van der Waals surface area contributed by atoms with Gasteiger partial charge >= 0.3 is 5.97 Å². The third kappa shape index (κ3) is 11.6. The molecule has 7 N–H and O–H groups in total. The van der Waals surface area contributed by atoms with E-state index in [1.807, 2.05) is 0 Å². The van der Waals surface area contributed by atoms with Gasteiger partial charge in [0.2, 0.25) is 35.4 Å². The van der Waals surface area contributed by atoms with E-state index in [1.165, 1.54) is 22.8 Å². The molecule has 0 spiro atoms. The van der Waals surface area contributed by atoms with Crippen molar-refractivity contribution in [2.75, 3.05) is 32.9 Å². The molecule has 0 bridgehead atoms. The number of rotatable bonds is 23. The van der Waals surface area contributed by atoms with Crippen LogP contribution in [0.4, 0.5) is 4.39 Å². The number of ether oxygens (including phenoxy) is 2. The third-order valence-electron chi connectivity index (χ3n) is 15.0. The van der Waals surface area contributed by atoms with Crippen molar-refractivity contribution < 1.29 is 62.1 Å². The van der Waals surface area contributed by atoms with E-state index in [0.717, 1.165) is 10.5 Å². The Morgan fingerprint density at radius 1 is 0.846 bits per heavy atom. The van der Waals surface area contributed by atoms with Crippen molar-refractivity contribution in [3.8, 4) is 11.4 Å². The minimum absolute atomic E-state index is 0.0396. The molecule has 1 saturated carbocycles. The van der Waals surface area contributed by atoms with Crippen LogP contribution < -0.4 is 37.5 Å². The van der Waals surface area contributed by atoms with Gasteiger partial charge in [-0.2, -0.15) is 0 Å². The zero-order chi connectivity index (χ0) is 55.4. The number of carbonyl (C=O) groups is 9. The topological polar surface area (TPSA) is 303 Å². The predicted octanol–water partition coefficient (Wildman–Crippen LogP) is 1.06. The van der Waals surface area contributed by atoms with E-state index >= 15 is 4.39 Å². The lowest BCUT2D eigenvalue weighted by atomic mass is 9.81. The minimum atomic E-state index is -2.05. The number of aryl methyl sites for hydroxylation is 1. The summed E-state index contributed by atoms with van der Waals surface area (Å²) in [6.07, 6.45) is 5.24. The normalized spacial score (nSPS) is 18.5. The number of pyridine rings is 2. The summed E-state index contributed by atoms with van der Waals surface area (Å²) in [5, 5.41) is 27.8. The number of unbranched alkanes of at least 4 members (excludes halogenated alkanes) is 2. The maximum absolute atomic E-state index is 15.5. The number of aromatic nitrogens is 2. The van der Waals surface area contributed by atoms with Crippen molar-refractivity contribution in [2.45, 2.75) is 115 Å². The van der Waals surface area contributed by atoms with E-state index in [-0.39, 0.29) is 67.8 Å². The van der Waals surface area contributed by atoms with Crippen molar-refractivity contribution in [1.82, 2.24) is 46.4 Å². The number of halogens is 1. The third-order valence-corrected chi connectivity index (χ3v) is 15.0. The lowest BCUT2D eigenvalue weighted by Gasteiger charge is -2.31. The first kappa shape index (κ1) is 54.6. The van der Waals surface area contributed by atoms with Crippen molar-refractivity contribution in [2.24, 2.45) is 5.92 Å². The van der Waals surface area contributed by atoms with Crippen molar-refractivity contribution in [1.29, 1.82) is 0 Å². The van der Waals surface area contributed by atoms with Crippen molar-refractivity contribution in [3.63, 3.8) is 0 Å². The molecular weight excluding hydrogens is 1010 g/mol. The first-order valence-electron chi connectivity index (χ1n) is 26.1. The molecule has 5 aliphatic rings. The van der Waals surface area contributed by atoms with Gasteiger partial charge in [-0.1, -0.05) is 43.7 Å². The van der Waals surface area contributed by atoms with Crippen LogP contribution in [0.5, 0.6) is 0 Å². The Morgan fingerprint density at radius 3 is 2.28 bits per heavy atom. The molecule has 5 heterocycles. The molecule has 1 unspecified atom stereocenters. The van der Waals surface area contributed by atoms with Crippen molar-refractivity contribution >= 4 is 64.1 Å². The van der Waals surface area contributed by atoms with Crippen LogP contribution in [-0.2, 0) is 84.2 Å². The van der Waals surface area contributed by atoms with E-state index in [4.69, 9.17) is 14.5 Å². The second-order valence-electron chi connectivity index (χ2n) is 20.1. The van der Waals surface area contributed by atoms with Crippen LogP contribution in [0.1, 0.15) is 103 Å². The van der Waals surface area contributed by atoms with E-state index in [9.17, 15) is 53.1 Å². The number of benzene rings is 2. The van der Waals surface area contributed by atoms with Crippen LogP contribution >= 0.6 is 0 Å². The molecule has 4 aromatic rings. The van der Waals surface area contributed by atoms with Gasteiger partial charge in [-0.05, 0) is 86.1 Å². The number of amides is 8. The highest BCUT2D eigenvalue weighted by molar-refractivity contribution is 6.12. The zero-order valence-corrected chi connectivity index (χ0v) is 43.1. The Hall–Kier alpha value is -8.18. The SMILES string of the molecule is CC[C@@]1(O)C(=O)OCc2c1cc1n(c2=O)Cc2c-1nc1cc(F)c(C)c3c1c2[C@@H](NC(=O)C(OCNC(=O)CNC(=O)[C@H](Cc1ccccc1)NC(=O)CNC(=O)CNC(=O)CCCCCN1C(=O)C=CC1=O)C1CC1)CC3. The second kappa shape index (κ2) is 23.2. The average Bonchev–Trinajstić information content (AvgIpc) is 4.32. The molecule has 2 aromatic heterocycles. The Labute approximate surface area is 446 Å². The molecule has 2 aromatic carbocycles. The van der Waals surface area contributed by atoms with Crippen LogP contribution in [0.25, 0.3) is 22.3 Å². The van der Waals surface area contributed by atoms with Gasteiger partial charge in [-0.15, -0.1) is 0 Å². The number of fused-ring (bicyclic) bond motifs is 5. The van der Waals surface area contributed by atoms with E-state index in [2.05, 4.69) is 31.9 Å². The second-order valence-corrected chi connectivity index (χ2v) is 20.1. The fraction of sp³-hybridized carbons (Fsp3) is 0.436. The summed E-state index contributed by atoms with van der Waals surface area (Å²) in [6, 6.07) is 9.91. The summed E-state index contributed by atoms with van der Waals surface area (Å²) in [5.41, 5.74) is 1.96. The van der Waals surface area contributed by atoms with Gasteiger partial charge in [0.25, 0.3) is 17.4 Å². The Balaban J connectivity index is 0.777. The highest BCUT2D eigenvalue weighted by Crippen LogP contribution is 2.46. The highest BCUT2D eigenvalue weighted by atomic mass is 19.1. The number of carbonyl (C=O) groups excluding carboxylic acids is 9. The van der Waals surface area contributed by atoms with Crippen LogP contribution in [0, 0.1) is 18.7 Å². The van der Waals surface area contributed by atoms with Crippen LogP contribution in [0.15, 0.2) is 59.4 Å². The number of nitrogens with zero attached hydrogens (tertiary/aromatic N) is 3. The molecule has 0 radical (unpaired) electrons. The lowest BCUT2D eigenvalue weighted by molar-refractivity contribution is -0.172. The number of imide groups is 1. The summed E-state index contributed by atoms with van der Waals surface area (Å²) in [6.45, 7) is 1.45. The standard InChI is InChI=1S/C55H60FN9O13/c1-3-55(76)35-21-40-49-33(26-65(40)53(74)34(35)27-77-54(55)75)48-37(16-15-32-29(2)36(56)22-38(62-49)47(32)48)63-52(73)50(31-13-14-31)78-28-60-43(68)24-59-51(72)39(20-30-10-6-4-7-11-30)61-44(69)25-58-42(67)23-57-41(66)12-8-5-9-19-64-45(70)17-18-46(64)71/h4,6-7,10-11,17-18,21-22,31,37,39,50,76H,3,5,8-9,12-16,19-20,23-28H2,1-2H3,(H,57,66)(H,58,67)(H,59,72)(H,60,68)(H,61,69)(H,63,73)/t37-,39-,50?,55-/m0/s1. The van der Waals surface area contributed by atoms with Gasteiger partial charge < -0.3 is 51.0 Å². The fourth-order valence-corrected chi connectivity index (χ4v) is 10.5. The number of esters is 1. The van der Waals surface area contributed by atoms with Crippen LogP contribution in [-0.4, -0.2) is 118 Å². The zero-order valence-electron chi connectivity index (χ0n) is 43.1. The molecule has 0 saturated heterocycles. The first-order valence-corrected chi connectivity index (χ1v) is 26.1. The van der Waals surface area contributed by atoms with E-state index < -0.39 is 103 Å². The summed E-state index contributed by atoms with van der Waals surface area (Å²) in [7, 11) is 0. The van der Waals surface area contributed by atoms with Gasteiger partial charge in [0.1, 0.15) is 31.3 Å². The minimum Gasteiger partial charge on any atom is -0.458 e. The number of hydrogen-bond acceptors (Lipinski definition) is 14. The van der Waals surface area contributed by atoms with Gasteiger partial charge in [0.05, 0.1) is 54.7 Å². The molecule has 1 fully saturated rings. The molecule has 78 heavy (non-hydrogen) atoms. The van der Waals surface area contributed by atoms with Crippen LogP contribution in [0.2, 0.25) is 0 Å². The maximum Gasteiger partial charge on any atom is 0.343 e. The highest BCUT2D eigenvalue weighted by Gasteiger charge is 2.46. The molecule has 9 rings (SSSR count). The Bertz CT molecular complexity index is 3210. The average molecular weight is 1070 g/mol. The molecule has 22 nitrogen and oxygen atoms in total. The Kier molecular flexibility index (Phi) is 16.2. The van der Waals surface area contributed by atoms with E-state index in [0.29, 0.717) is 89.5 Å². The van der Waals surface area contributed by atoms with E-state index in [1.54, 1.807) is 50.2 Å². The van der Waals surface area contributed by atoms with Gasteiger partial charge in [-0.25, -0.2) is 14.2 Å². The lowest BCUT2D eigenvalue weighted by Crippen LogP contribution is -2.52. The fourth-order valence-electron chi connectivity index (χ4n) is 10.5. The summed E-state index contributed by atoms with van der Waals surface area (Å²) in [5.74, 6) is -5.79. The van der Waals surface area contributed by atoms with Gasteiger partial charge in [-0.3, -0.25) is 48.1 Å². The molecule has 3 aliphatic heterocycles. The predicted molar refractivity (Wildman–Crippen MR) is 274 cm³/mol. The van der Waals surface area contributed by atoms with Gasteiger partial charge in [0.15, 0.2) is 5.60 Å². The quantitative estimate of drug-likeness (QED) is 0.0209. The molecule has 23 heteroatoms. The largest absolute Gasteiger partial charge is 0.458 e. The number of nitrogens with one attached hydrogen (secondary N) is 6. The molecular formula is C55H60FN9O13. The summed E-state index contributed by atoms with van der Waals surface area (Å²) < 4.78 is 28.3. The molecule has 8 amide bonds. The summed E-state index contributed by atoms with van der Waals surface area (Å²) >= 11 is 0. The van der Waals surface area contributed by atoms with Gasteiger partial charge in [0, 0.05) is 54.1 Å². The monoisotopic (exact) mass is 1070 g/mol. The molecule has 410 valence electrons. The maximum atomic E-state index is 15.5. The molecule has 2 aliphatic carbocycles. The number of cyclic esters (lactones) is 1. The smallest absolute Gasteiger partial charge is 0.343 e. The first-order chi connectivity index (χ1) is 37.4.